The predicted molar refractivity (Wildman–Crippen MR) is 64.7 cm³/mol. The molecular weight excluding hydrogens is 258 g/mol. The van der Waals surface area contributed by atoms with Crippen LogP contribution < -0.4 is 5.43 Å². The van der Waals surface area contributed by atoms with Crippen molar-refractivity contribution in [3.05, 3.63) is 40.7 Å². The molecular formula is C11H9NO5S. The second kappa shape index (κ2) is 3.95. The summed E-state index contributed by atoms with van der Waals surface area (Å²) in [4.78, 5) is 22.6. The molecule has 1 N–H and O–H groups in total. The average Bonchev–Trinajstić information content (AvgIpc) is 2.27. The lowest BCUT2D eigenvalue weighted by Crippen LogP contribution is -2.14. The lowest BCUT2D eigenvalue weighted by Gasteiger charge is -2.06. The van der Waals surface area contributed by atoms with Gasteiger partial charge >= 0.3 is 6.09 Å². The van der Waals surface area contributed by atoms with E-state index in [0.29, 0.717) is 0 Å². The van der Waals surface area contributed by atoms with E-state index >= 15 is 0 Å². The van der Waals surface area contributed by atoms with Crippen molar-refractivity contribution < 1.29 is 18.3 Å². The van der Waals surface area contributed by atoms with Crippen LogP contribution >= 0.6 is 0 Å². The minimum absolute atomic E-state index is 0.0183. The normalized spacial score (nSPS) is 11.6. The molecule has 0 amide bonds. The standard InChI is InChI=1S/C11H9NO5S/c1-18(16,17)7-2-3-9-8(6-7)10(13)4-5-12(9)11(14)15/h2-6H,1H3,(H,14,15). The Kier molecular flexibility index (Phi) is 2.70. The SMILES string of the molecule is CS(=O)(=O)c1ccc2c(c1)c(=O)ccn2C(=O)O. The molecule has 94 valence electrons. The van der Waals surface area contributed by atoms with Crippen LogP contribution in [0.3, 0.4) is 0 Å². The zero-order valence-corrected chi connectivity index (χ0v) is 10.1. The summed E-state index contributed by atoms with van der Waals surface area (Å²) in [5, 5.41) is 9.00. The third-order valence-electron chi connectivity index (χ3n) is 2.50. The Bertz CT molecular complexity index is 804. The van der Waals surface area contributed by atoms with E-state index < -0.39 is 21.4 Å². The zero-order valence-electron chi connectivity index (χ0n) is 9.32. The van der Waals surface area contributed by atoms with E-state index in [1.165, 1.54) is 18.2 Å². The Morgan fingerprint density at radius 3 is 2.50 bits per heavy atom. The molecule has 0 saturated carbocycles. The Morgan fingerprint density at radius 2 is 1.94 bits per heavy atom. The van der Waals surface area contributed by atoms with Crippen LogP contribution in [0.4, 0.5) is 4.79 Å². The monoisotopic (exact) mass is 267 g/mol. The van der Waals surface area contributed by atoms with Crippen molar-refractivity contribution in [1.29, 1.82) is 0 Å². The molecule has 0 fully saturated rings. The first kappa shape index (κ1) is 12.3. The van der Waals surface area contributed by atoms with Gasteiger partial charge in [0.25, 0.3) is 0 Å². The van der Waals surface area contributed by atoms with E-state index in [4.69, 9.17) is 5.11 Å². The Labute approximate surface area is 102 Å². The largest absolute Gasteiger partial charge is 0.464 e. The summed E-state index contributed by atoms with van der Waals surface area (Å²) in [6, 6.07) is 4.85. The van der Waals surface area contributed by atoms with Crippen molar-refractivity contribution in [2.24, 2.45) is 0 Å². The first-order chi connectivity index (χ1) is 8.30. The number of carboxylic acid groups (broad SMARTS) is 1. The van der Waals surface area contributed by atoms with E-state index in [2.05, 4.69) is 0 Å². The fourth-order valence-corrected chi connectivity index (χ4v) is 2.28. The molecule has 0 atom stereocenters. The van der Waals surface area contributed by atoms with Gasteiger partial charge in [0, 0.05) is 23.9 Å². The average molecular weight is 267 g/mol. The van der Waals surface area contributed by atoms with Crippen molar-refractivity contribution >= 4 is 26.8 Å². The molecule has 0 aliphatic rings. The molecule has 0 unspecified atom stereocenters. The zero-order chi connectivity index (χ0) is 13.5. The number of fused-ring (bicyclic) bond motifs is 1. The van der Waals surface area contributed by atoms with Crippen molar-refractivity contribution in [3.8, 4) is 0 Å². The number of nitrogens with zero attached hydrogens (tertiary/aromatic N) is 1. The lowest BCUT2D eigenvalue weighted by atomic mass is 10.2. The van der Waals surface area contributed by atoms with Crippen LogP contribution in [0.2, 0.25) is 0 Å². The highest BCUT2D eigenvalue weighted by atomic mass is 32.2. The maximum Gasteiger partial charge on any atom is 0.416 e. The van der Waals surface area contributed by atoms with E-state index in [1.54, 1.807) is 0 Å². The summed E-state index contributed by atoms with van der Waals surface area (Å²) in [6.45, 7) is 0. The number of rotatable bonds is 1. The Balaban J connectivity index is 2.91. The van der Waals surface area contributed by atoms with E-state index in [9.17, 15) is 18.0 Å². The first-order valence-corrected chi connectivity index (χ1v) is 6.78. The van der Waals surface area contributed by atoms with Gasteiger partial charge in [0.2, 0.25) is 0 Å². The summed E-state index contributed by atoms with van der Waals surface area (Å²) in [6.07, 6.45) is 0.909. The molecule has 0 saturated heterocycles. The number of pyridine rings is 1. The summed E-state index contributed by atoms with van der Waals surface area (Å²) in [7, 11) is -3.44. The first-order valence-electron chi connectivity index (χ1n) is 4.89. The van der Waals surface area contributed by atoms with Crippen molar-refractivity contribution in [2.45, 2.75) is 4.90 Å². The van der Waals surface area contributed by atoms with Gasteiger partial charge in [0.15, 0.2) is 15.3 Å². The summed E-state index contributed by atoms with van der Waals surface area (Å²) < 4.78 is 23.6. The molecule has 0 aliphatic carbocycles. The molecule has 18 heavy (non-hydrogen) atoms. The van der Waals surface area contributed by atoms with Gasteiger partial charge in [-0.15, -0.1) is 0 Å². The molecule has 7 heteroatoms. The van der Waals surface area contributed by atoms with Crippen molar-refractivity contribution in [3.63, 3.8) is 0 Å². The fraction of sp³-hybridized carbons (Fsp3) is 0.0909. The molecule has 2 aromatic rings. The minimum Gasteiger partial charge on any atom is -0.464 e. The van der Waals surface area contributed by atoms with Gasteiger partial charge in [-0.2, -0.15) is 0 Å². The van der Waals surface area contributed by atoms with Gasteiger partial charge in [-0.3, -0.25) is 9.36 Å². The third-order valence-corrected chi connectivity index (χ3v) is 3.61. The van der Waals surface area contributed by atoms with Gasteiger partial charge < -0.3 is 5.11 Å². The van der Waals surface area contributed by atoms with Gasteiger partial charge in [0.1, 0.15) is 0 Å². The smallest absolute Gasteiger partial charge is 0.416 e. The Morgan fingerprint density at radius 1 is 1.28 bits per heavy atom. The molecule has 2 rings (SSSR count). The second-order valence-corrected chi connectivity index (χ2v) is 5.80. The maximum atomic E-state index is 11.6. The molecule has 1 aromatic heterocycles. The number of hydrogen-bond donors (Lipinski definition) is 1. The summed E-state index contributed by atoms with van der Waals surface area (Å²) in [5.41, 5.74) is -0.268. The topological polar surface area (TPSA) is 93.4 Å². The van der Waals surface area contributed by atoms with Crippen LogP contribution in [-0.4, -0.2) is 30.4 Å². The van der Waals surface area contributed by atoms with Gasteiger partial charge in [-0.1, -0.05) is 0 Å². The summed E-state index contributed by atoms with van der Waals surface area (Å²) in [5.74, 6) is 0. The van der Waals surface area contributed by atoms with Crippen LogP contribution in [0.5, 0.6) is 0 Å². The van der Waals surface area contributed by atoms with Crippen LogP contribution in [0, 0.1) is 0 Å². The minimum atomic E-state index is -3.44. The van der Waals surface area contributed by atoms with Crippen molar-refractivity contribution in [2.75, 3.05) is 6.26 Å². The summed E-state index contributed by atoms with van der Waals surface area (Å²) >= 11 is 0. The molecule has 0 aliphatic heterocycles. The number of sulfone groups is 1. The number of benzene rings is 1. The molecule has 1 heterocycles. The third kappa shape index (κ3) is 2.00. The van der Waals surface area contributed by atoms with Gasteiger partial charge in [-0.05, 0) is 18.2 Å². The van der Waals surface area contributed by atoms with E-state index in [0.717, 1.165) is 23.1 Å². The lowest BCUT2D eigenvalue weighted by molar-refractivity contribution is 0.197. The number of carbonyl (C=O) groups is 1. The highest BCUT2D eigenvalue weighted by Gasteiger charge is 2.12. The Hall–Kier alpha value is -2.15. The molecule has 0 spiro atoms. The second-order valence-electron chi connectivity index (χ2n) is 3.78. The van der Waals surface area contributed by atoms with Crippen LogP contribution in [0.25, 0.3) is 10.9 Å². The predicted octanol–water partition coefficient (Wildman–Crippen LogP) is 0.931. The van der Waals surface area contributed by atoms with Crippen LogP contribution in [-0.2, 0) is 9.84 Å². The van der Waals surface area contributed by atoms with Gasteiger partial charge in [0.05, 0.1) is 10.4 Å². The molecule has 0 radical (unpaired) electrons. The van der Waals surface area contributed by atoms with Gasteiger partial charge in [-0.25, -0.2) is 13.2 Å². The van der Waals surface area contributed by atoms with E-state index in [-0.39, 0.29) is 15.8 Å². The fourth-order valence-electron chi connectivity index (χ4n) is 1.63. The van der Waals surface area contributed by atoms with Crippen molar-refractivity contribution in [1.82, 2.24) is 4.57 Å². The number of hydrogen-bond acceptors (Lipinski definition) is 4. The van der Waals surface area contributed by atoms with E-state index in [1.807, 2.05) is 0 Å². The number of aromatic nitrogens is 1. The molecule has 6 nitrogen and oxygen atoms in total. The van der Waals surface area contributed by atoms with Crippen LogP contribution in [0.15, 0.2) is 40.2 Å². The highest BCUT2D eigenvalue weighted by Crippen LogP contribution is 2.16. The highest BCUT2D eigenvalue weighted by molar-refractivity contribution is 7.90. The van der Waals surface area contributed by atoms with Crippen LogP contribution in [0.1, 0.15) is 0 Å². The maximum absolute atomic E-state index is 11.6. The molecule has 0 bridgehead atoms. The molecule has 1 aromatic carbocycles. The quantitative estimate of drug-likeness (QED) is 0.829.